The number of para-hydroxylation sites is 1. The van der Waals surface area contributed by atoms with Crippen molar-refractivity contribution in [2.45, 2.75) is 33.0 Å². The Bertz CT molecular complexity index is 327. The summed E-state index contributed by atoms with van der Waals surface area (Å²) in [5.41, 5.74) is 2.69. The van der Waals surface area contributed by atoms with Crippen molar-refractivity contribution < 1.29 is 4.74 Å². The summed E-state index contributed by atoms with van der Waals surface area (Å²) in [6, 6.07) is 8.56. The highest BCUT2D eigenvalue weighted by atomic mass is 16.5. The Labute approximate surface area is 91.9 Å². The number of rotatable bonds is 1. The van der Waals surface area contributed by atoms with Crippen molar-refractivity contribution >= 4 is 5.69 Å². The predicted octanol–water partition coefficient (Wildman–Crippen LogP) is 2.61. The maximum absolute atomic E-state index is 5.74. The number of hydrogen-bond acceptors (Lipinski definition) is 2. The van der Waals surface area contributed by atoms with Gasteiger partial charge >= 0.3 is 0 Å². The predicted molar refractivity (Wildman–Crippen MR) is 63.4 cm³/mol. The topological polar surface area (TPSA) is 12.5 Å². The molecule has 0 N–H and O–H groups in total. The van der Waals surface area contributed by atoms with Crippen molar-refractivity contribution in [1.82, 2.24) is 0 Å². The molecular weight excluding hydrogens is 186 g/mol. The molecule has 2 nitrogen and oxygen atoms in total. The van der Waals surface area contributed by atoms with E-state index in [2.05, 4.69) is 49.9 Å². The second kappa shape index (κ2) is 4.23. The fourth-order valence-electron chi connectivity index (χ4n) is 2.29. The number of morpholine rings is 1. The molecular formula is C13H19NO. The van der Waals surface area contributed by atoms with E-state index in [1.807, 2.05) is 0 Å². The Balaban J connectivity index is 2.20. The second-order valence-corrected chi connectivity index (χ2v) is 4.45. The molecule has 1 aliphatic rings. The van der Waals surface area contributed by atoms with Gasteiger partial charge in [-0.3, -0.25) is 0 Å². The fraction of sp³-hybridized carbons (Fsp3) is 0.538. The zero-order valence-electron chi connectivity index (χ0n) is 9.73. The molecule has 0 aliphatic carbocycles. The Morgan fingerprint density at radius 3 is 2.33 bits per heavy atom. The third-order valence-corrected chi connectivity index (χ3v) is 2.88. The molecule has 82 valence electrons. The summed E-state index contributed by atoms with van der Waals surface area (Å²) in [5, 5.41) is 0. The van der Waals surface area contributed by atoms with Crippen LogP contribution in [0, 0.1) is 6.92 Å². The highest BCUT2D eigenvalue weighted by Gasteiger charge is 2.22. The lowest BCUT2D eigenvalue weighted by atomic mass is 10.1. The molecule has 1 aromatic carbocycles. The molecule has 15 heavy (non-hydrogen) atoms. The smallest absolute Gasteiger partial charge is 0.0726 e. The highest BCUT2D eigenvalue weighted by molar-refractivity contribution is 5.53. The van der Waals surface area contributed by atoms with E-state index in [9.17, 15) is 0 Å². The fourth-order valence-corrected chi connectivity index (χ4v) is 2.29. The Hall–Kier alpha value is -1.02. The first kappa shape index (κ1) is 10.5. The summed E-state index contributed by atoms with van der Waals surface area (Å²) in [7, 11) is 0. The van der Waals surface area contributed by atoms with E-state index in [-0.39, 0.29) is 0 Å². The molecule has 1 aromatic rings. The van der Waals surface area contributed by atoms with Gasteiger partial charge in [0.25, 0.3) is 0 Å². The molecule has 0 spiro atoms. The van der Waals surface area contributed by atoms with Gasteiger partial charge in [-0.25, -0.2) is 0 Å². The van der Waals surface area contributed by atoms with Crippen LogP contribution in [0.1, 0.15) is 19.4 Å². The number of ether oxygens (including phenoxy) is 1. The summed E-state index contributed by atoms with van der Waals surface area (Å²) in [6.45, 7) is 8.44. The van der Waals surface area contributed by atoms with E-state index < -0.39 is 0 Å². The number of anilines is 1. The van der Waals surface area contributed by atoms with E-state index in [1.165, 1.54) is 11.3 Å². The normalized spacial score (nSPS) is 26.7. The summed E-state index contributed by atoms with van der Waals surface area (Å²) in [6.07, 6.45) is 0.654. The largest absolute Gasteiger partial charge is 0.372 e. The molecule has 1 fully saturated rings. The number of benzene rings is 1. The average Bonchev–Trinajstić information content (AvgIpc) is 2.16. The third kappa shape index (κ3) is 2.32. The van der Waals surface area contributed by atoms with E-state index in [0.29, 0.717) is 12.2 Å². The van der Waals surface area contributed by atoms with Crippen LogP contribution in [0.4, 0.5) is 5.69 Å². The molecule has 0 aromatic heterocycles. The zero-order valence-corrected chi connectivity index (χ0v) is 9.73. The van der Waals surface area contributed by atoms with Gasteiger partial charge in [-0.2, -0.15) is 0 Å². The molecule has 0 bridgehead atoms. The Morgan fingerprint density at radius 1 is 1.13 bits per heavy atom. The van der Waals surface area contributed by atoms with Crippen molar-refractivity contribution in [1.29, 1.82) is 0 Å². The van der Waals surface area contributed by atoms with Crippen LogP contribution in [-0.2, 0) is 4.74 Å². The summed E-state index contributed by atoms with van der Waals surface area (Å²) >= 11 is 0. The number of aryl methyl sites for hydroxylation is 1. The zero-order chi connectivity index (χ0) is 10.8. The van der Waals surface area contributed by atoms with Crippen LogP contribution in [0.25, 0.3) is 0 Å². The van der Waals surface area contributed by atoms with Crippen LogP contribution < -0.4 is 4.90 Å². The van der Waals surface area contributed by atoms with Crippen molar-refractivity contribution in [2.75, 3.05) is 18.0 Å². The number of hydrogen-bond donors (Lipinski definition) is 0. The lowest BCUT2D eigenvalue weighted by Gasteiger charge is -2.37. The van der Waals surface area contributed by atoms with Crippen molar-refractivity contribution in [3.8, 4) is 0 Å². The highest BCUT2D eigenvalue weighted by Crippen LogP contribution is 2.23. The first-order valence-electron chi connectivity index (χ1n) is 5.63. The van der Waals surface area contributed by atoms with Gasteiger partial charge in [0.1, 0.15) is 0 Å². The monoisotopic (exact) mass is 205 g/mol. The minimum absolute atomic E-state index is 0.327. The van der Waals surface area contributed by atoms with Crippen molar-refractivity contribution in [3.05, 3.63) is 29.8 Å². The van der Waals surface area contributed by atoms with E-state index >= 15 is 0 Å². The molecule has 1 heterocycles. The molecule has 0 radical (unpaired) electrons. The third-order valence-electron chi connectivity index (χ3n) is 2.88. The molecule has 0 amide bonds. The van der Waals surface area contributed by atoms with Crippen LogP contribution in [-0.4, -0.2) is 25.3 Å². The molecule has 2 rings (SSSR count). The first-order chi connectivity index (χ1) is 7.16. The van der Waals surface area contributed by atoms with Gasteiger partial charge < -0.3 is 9.64 Å². The summed E-state index contributed by atoms with van der Waals surface area (Å²) in [4.78, 5) is 2.42. The van der Waals surface area contributed by atoms with E-state index in [0.717, 1.165) is 13.1 Å². The van der Waals surface area contributed by atoms with Crippen LogP contribution in [0.3, 0.4) is 0 Å². The molecule has 0 saturated carbocycles. The van der Waals surface area contributed by atoms with Gasteiger partial charge in [-0.05, 0) is 32.4 Å². The maximum atomic E-state index is 5.74. The molecule has 2 atom stereocenters. The number of nitrogens with zero attached hydrogens (tertiary/aromatic N) is 1. The molecule has 0 unspecified atom stereocenters. The van der Waals surface area contributed by atoms with E-state index in [1.54, 1.807) is 0 Å². The van der Waals surface area contributed by atoms with Gasteiger partial charge in [0.15, 0.2) is 0 Å². The Morgan fingerprint density at radius 2 is 1.73 bits per heavy atom. The van der Waals surface area contributed by atoms with Gasteiger partial charge in [0.05, 0.1) is 12.2 Å². The summed E-state index contributed by atoms with van der Waals surface area (Å²) in [5.74, 6) is 0. The van der Waals surface area contributed by atoms with Crippen molar-refractivity contribution in [2.24, 2.45) is 0 Å². The van der Waals surface area contributed by atoms with Crippen LogP contribution in [0.5, 0.6) is 0 Å². The van der Waals surface area contributed by atoms with Gasteiger partial charge in [-0.1, -0.05) is 18.2 Å². The second-order valence-electron chi connectivity index (χ2n) is 4.45. The van der Waals surface area contributed by atoms with Gasteiger partial charge in [0, 0.05) is 18.8 Å². The molecule has 1 saturated heterocycles. The van der Waals surface area contributed by atoms with Gasteiger partial charge in [-0.15, -0.1) is 0 Å². The lowest BCUT2D eigenvalue weighted by Crippen LogP contribution is -2.45. The Kier molecular flexibility index (Phi) is 2.96. The first-order valence-corrected chi connectivity index (χ1v) is 5.63. The lowest BCUT2D eigenvalue weighted by molar-refractivity contribution is -0.00524. The quantitative estimate of drug-likeness (QED) is 0.698. The average molecular weight is 205 g/mol. The summed E-state index contributed by atoms with van der Waals surface area (Å²) < 4.78 is 5.74. The van der Waals surface area contributed by atoms with Crippen LogP contribution >= 0.6 is 0 Å². The molecule has 1 aliphatic heterocycles. The van der Waals surface area contributed by atoms with E-state index in [4.69, 9.17) is 4.74 Å². The SMILES string of the molecule is Cc1ccccc1N1C[C@@H](C)O[C@@H](C)C1. The maximum Gasteiger partial charge on any atom is 0.0726 e. The van der Waals surface area contributed by atoms with Gasteiger partial charge in [0.2, 0.25) is 0 Å². The van der Waals surface area contributed by atoms with Crippen LogP contribution in [0.15, 0.2) is 24.3 Å². The van der Waals surface area contributed by atoms with Crippen molar-refractivity contribution in [3.63, 3.8) is 0 Å². The van der Waals surface area contributed by atoms with Crippen LogP contribution in [0.2, 0.25) is 0 Å². The molecule has 2 heteroatoms. The minimum Gasteiger partial charge on any atom is -0.372 e. The minimum atomic E-state index is 0.327. The standard InChI is InChI=1S/C13H19NO/c1-10-6-4-5-7-13(10)14-8-11(2)15-12(3)9-14/h4-7,11-12H,8-9H2,1-3H3/t11-,12+.